The predicted molar refractivity (Wildman–Crippen MR) is 88.4 cm³/mol. The second-order valence-electron chi connectivity index (χ2n) is 5.99. The van der Waals surface area contributed by atoms with Crippen molar-refractivity contribution in [3.05, 3.63) is 63.6 Å². The van der Waals surface area contributed by atoms with Crippen LogP contribution in [0.25, 0.3) is 0 Å². The molecule has 0 unspecified atom stereocenters. The van der Waals surface area contributed by atoms with E-state index >= 15 is 0 Å². The molecule has 124 valence electrons. The zero-order chi connectivity index (χ0) is 16.8. The summed E-state index contributed by atoms with van der Waals surface area (Å²) in [4.78, 5) is 14.4. The number of hydrogen-bond acceptors (Lipinski definition) is 2. The average molecular weight is 394 g/mol. The van der Waals surface area contributed by atoms with Crippen molar-refractivity contribution in [2.75, 3.05) is 6.54 Å². The summed E-state index contributed by atoms with van der Waals surface area (Å²) in [6, 6.07) is 12.3. The van der Waals surface area contributed by atoms with Gasteiger partial charge in [0, 0.05) is 22.5 Å². The number of para-hydroxylation sites is 1. The number of amides is 1. The van der Waals surface area contributed by atoms with Gasteiger partial charge in [-0.1, -0.05) is 34.1 Å². The lowest BCUT2D eigenvalue weighted by molar-refractivity contribution is -0.0507. The molecule has 0 aromatic heterocycles. The molecule has 24 heavy (non-hydrogen) atoms. The first-order chi connectivity index (χ1) is 11.6. The van der Waals surface area contributed by atoms with Gasteiger partial charge >= 0.3 is 6.61 Å². The second kappa shape index (κ2) is 5.84. The maximum absolute atomic E-state index is 12.7. The number of carbonyl (C=O) groups excluding carboxylic acids is 1. The summed E-state index contributed by atoms with van der Waals surface area (Å²) in [5.41, 5.74) is 2.37. The van der Waals surface area contributed by atoms with E-state index in [4.69, 9.17) is 4.74 Å². The van der Waals surface area contributed by atoms with Gasteiger partial charge in [-0.15, -0.1) is 0 Å². The predicted octanol–water partition coefficient (Wildman–Crippen LogP) is 4.73. The number of alkyl halides is 2. The Balaban J connectivity index is 1.78. The fourth-order valence-corrected chi connectivity index (χ4v) is 4.23. The Morgan fingerprint density at radius 1 is 1.17 bits per heavy atom. The first-order valence-electron chi connectivity index (χ1n) is 7.70. The molecule has 4 rings (SSSR count). The van der Waals surface area contributed by atoms with E-state index in [1.165, 1.54) is 0 Å². The maximum Gasteiger partial charge on any atom is 0.387 e. The Labute approximate surface area is 146 Å². The summed E-state index contributed by atoms with van der Waals surface area (Å²) in [5.74, 6) is 0.145. The van der Waals surface area contributed by atoms with Crippen LogP contribution >= 0.6 is 15.9 Å². The standard InChI is InChI=1S/C18H14BrF2NO2/c19-10-5-6-13-14(9-10)16-12(7-8-22(16)17(13)23)11-3-1-2-4-15(11)24-18(20)21/h1-6,9,12,16,18H,7-8H2/t12-,16-/m0/s1. The van der Waals surface area contributed by atoms with Gasteiger partial charge in [0.15, 0.2) is 0 Å². The largest absolute Gasteiger partial charge is 0.435 e. The van der Waals surface area contributed by atoms with Gasteiger partial charge in [-0.05, 0) is 41.8 Å². The van der Waals surface area contributed by atoms with Gasteiger partial charge in [0.1, 0.15) is 5.75 Å². The Bertz CT molecular complexity index is 811. The Kier molecular flexibility index (Phi) is 3.79. The van der Waals surface area contributed by atoms with Crippen molar-refractivity contribution < 1.29 is 18.3 Å². The minimum absolute atomic E-state index is 0.0114. The Hall–Kier alpha value is -1.95. The van der Waals surface area contributed by atoms with Crippen LogP contribution in [0.4, 0.5) is 8.78 Å². The fourth-order valence-electron chi connectivity index (χ4n) is 3.85. The van der Waals surface area contributed by atoms with Gasteiger partial charge in [-0.3, -0.25) is 4.79 Å². The van der Waals surface area contributed by atoms with Crippen LogP contribution in [0.1, 0.15) is 39.9 Å². The lowest BCUT2D eigenvalue weighted by atomic mass is 9.87. The minimum Gasteiger partial charge on any atom is -0.435 e. The van der Waals surface area contributed by atoms with Crippen molar-refractivity contribution >= 4 is 21.8 Å². The highest BCUT2D eigenvalue weighted by molar-refractivity contribution is 9.10. The SMILES string of the molecule is O=C1c2ccc(Br)cc2[C@@H]2[C@H](c3ccccc3OC(F)F)CCN12. The van der Waals surface area contributed by atoms with E-state index in [9.17, 15) is 13.6 Å². The van der Waals surface area contributed by atoms with Gasteiger partial charge in [0.05, 0.1) is 6.04 Å². The van der Waals surface area contributed by atoms with E-state index in [0.717, 1.165) is 22.0 Å². The van der Waals surface area contributed by atoms with Crippen LogP contribution in [0.15, 0.2) is 46.9 Å². The number of nitrogens with zero attached hydrogens (tertiary/aromatic N) is 1. The maximum atomic E-state index is 12.7. The van der Waals surface area contributed by atoms with Crippen LogP contribution in [0.5, 0.6) is 5.75 Å². The van der Waals surface area contributed by atoms with Crippen molar-refractivity contribution in [1.82, 2.24) is 4.90 Å². The van der Waals surface area contributed by atoms with E-state index in [0.29, 0.717) is 12.1 Å². The third kappa shape index (κ3) is 2.40. The van der Waals surface area contributed by atoms with Gasteiger partial charge < -0.3 is 9.64 Å². The average Bonchev–Trinajstić information content (AvgIpc) is 3.08. The number of carbonyl (C=O) groups is 1. The van der Waals surface area contributed by atoms with Crippen LogP contribution in [0.2, 0.25) is 0 Å². The number of ether oxygens (including phenoxy) is 1. The van der Waals surface area contributed by atoms with Gasteiger partial charge in [0.25, 0.3) is 5.91 Å². The van der Waals surface area contributed by atoms with E-state index in [1.807, 2.05) is 35.2 Å². The molecule has 0 N–H and O–H groups in total. The molecule has 2 aromatic carbocycles. The first kappa shape index (κ1) is 15.6. The Morgan fingerprint density at radius 2 is 1.96 bits per heavy atom. The molecule has 0 saturated carbocycles. The monoisotopic (exact) mass is 393 g/mol. The summed E-state index contributed by atoms with van der Waals surface area (Å²) in [6.07, 6.45) is 0.728. The smallest absolute Gasteiger partial charge is 0.387 e. The molecular formula is C18H14BrF2NO2. The normalized spacial score (nSPS) is 22.0. The lowest BCUT2D eigenvalue weighted by Crippen LogP contribution is -2.23. The van der Waals surface area contributed by atoms with E-state index in [-0.39, 0.29) is 23.6 Å². The first-order valence-corrected chi connectivity index (χ1v) is 8.49. The van der Waals surface area contributed by atoms with E-state index in [1.54, 1.807) is 12.1 Å². The number of hydrogen-bond donors (Lipinski definition) is 0. The molecule has 0 aliphatic carbocycles. The molecule has 2 aliphatic rings. The third-order valence-electron chi connectivity index (χ3n) is 4.76. The number of benzene rings is 2. The van der Waals surface area contributed by atoms with Gasteiger partial charge in [0.2, 0.25) is 0 Å². The Morgan fingerprint density at radius 3 is 2.75 bits per heavy atom. The molecule has 2 atom stereocenters. The molecule has 0 radical (unpaired) electrons. The number of rotatable bonds is 3. The summed E-state index contributed by atoms with van der Waals surface area (Å²) in [6.45, 7) is -2.25. The molecule has 0 bridgehead atoms. The van der Waals surface area contributed by atoms with E-state index in [2.05, 4.69) is 15.9 Å². The van der Waals surface area contributed by atoms with Crippen molar-refractivity contribution in [3.63, 3.8) is 0 Å². The number of fused-ring (bicyclic) bond motifs is 3. The summed E-state index contributed by atoms with van der Waals surface area (Å²) < 4.78 is 31.0. The van der Waals surface area contributed by atoms with Crippen LogP contribution < -0.4 is 4.74 Å². The van der Waals surface area contributed by atoms with Crippen molar-refractivity contribution in [2.24, 2.45) is 0 Å². The molecule has 3 nitrogen and oxygen atoms in total. The molecule has 2 aromatic rings. The number of halogens is 3. The zero-order valence-corrected chi connectivity index (χ0v) is 14.2. The van der Waals surface area contributed by atoms with Crippen LogP contribution in [0, 0.1) is 0 Å². The lowest BCUT2D eigenvalue weighted by Gasteiger charge is -2.23. The minimum atomic E-state index is -2.87. The highest BCUT2D eigenvalue weighted by Crippen LogP contribution is 2.51. The highest BCUT2D eigenvalue weighted by atomic mass is 79.9. The van der Waals surface area contributed by atoms with Crippen LogP contribution in [-0.2, 0) is 0 Å². The van der Waals surface area contributed by atoms with Gasteiger partial charge in [-0.25, -0.2) is 0 Å². The summed E-state index contributed by atoms with van der Waals surface area (Å²) in [7, 11) is 0. The van der Waals surface area contributed by atoms with Gasteiger partial charge in [-0.2, -0.15) is 8.78 Å². The molecule has 2 heterocycles. The second-order valence-corrected chi connectivity index (χ2v) is 6.90. The summed E-state index contributed by atoms with van der Waals surface area (Å²) in [5, 5.41) is 0. The molecule has 0 spiro atoms. The van der Waals surface area contributed by atoms with E-state index < -0.39 is 6.61 Å². The molecular weight excluding hydrogens is 380 g/mol. The van der Waals surface area contributed by atoms with Crippen molar-refractivity contribution in [3.8, 4) is 5.75 Å². The zero-order valence-electron chi connectivity index (χ0n) is 12.6. The fraction of sp³-hybridized carbons (Fsp3) is 0.278. The molecule has 1 amide bonds. The van der Waals surface area contributed by atoms with Crippen molar-refractivity contribution in [2.45, 2.75) is 25.0 Å². The topological polar surface area (TPSA) is 29.5 Å². The third-order valence-corrected chi connectivity index (χ3v) is 5.25. The molecule has 6 heteroatoms. The summed E-state index contributed by atoms with van der Waals surface area (Å²) >= 11 is 3.45. The molecule has 2 aliphatic heterocycles. The molecule has 1 fully saturated rings. The van der Waals surface area contributed by atoms with Crippen molar-refractivity contribution in [1.29, 1.82) is 0 Å². The van der Waals surface area contributed by atoms with Crippen LogP contribution in [0.3, 0.4) is 0 Å². The molecule has 1 saturated heterocycles. The highest BCUT2D eigenvalue weighted by Gasteiger charge is 2.46. The quantitative estimate of drug-likeness (QED) is 0.753. The van der Waals surface area contributed by atoms with Crippen LogP contribution in [-0.4, -0.2) is 24.0 Å².